The predicted molar refractivity (Wildman–Crippen MR) is 108 cm³/mol. The van der Waals surface area contributed by atoms with Crippen LogP contribution >= 0.6 is 0 Å². The highest BCUT2D eigenvalue weighted by Gasteiger charge is 2.23. The summed E-state index contributed by atoms with van der Waals surface area (Å²) < 4.78 is 0. The van der Waals surface area contributed by atoms with Crippen molar-refractivity contribution in [2.24, 2.45) is 0 Å². The molecule has 142 valence electrons. The number of likely N-dealkylation sites (tertiary alicyclic amines) is 1. The van der Waals surface area contributed by atoms with Gasteiger partial charge in [-0.25, -0.2) is 4.79 Å². The maximum Gasteiger partial charge on any atom is 0.321 e. The molecule has 1 aliphatic rings. The van der Waals surface area contributed by atoms with Crippen LogP contribution in [0.1, 0.15) is 30.4 Å². The van der Waals surface area contributed by atoms with Gasteiger partial charge >= 0.3 is 6.03 Å². The van der Waals surface area contributed by atoms with Gasteiger partial charge in [0.1, 0.15) is 0 Å². The van der Waals surface area contributed by atoms with E-state index in [1.54, 1.807) is 0 Å². The number of benzene rings is 2. The van der Waals surface area contributed by atoms with Gasteiger partial charge in [-0.1, -0.05) is 48.0 Å². The van der Waals surface area contributed by atoms with Crippen molar-refractivity contribution >= 4 is 17.6 Å². The second-order valence-electron chi connectivity index (χ2n) is 7.11. The lowest BCUT2D eigenvalue weighted by Gasteiger charge is -2.32. The van der Waals surface area contributed by atoms with Crippen LogP contribution in [0.15, 0.2) is 54.6 Å². The highest BCUT2D eigenvalue weighted by Crippen LogP contribution is 2.14. The Bertz CT molecular complexity index is 751. The molecule has 1 fully saturated rings. The Morgan fingerprint density at radius 1 is 1.00 bits per heavy atom. The number of hydrogen-bond donors (Lipinski definition) is 2. The van der Waals surface area contributed by atoms with Gasteiger partial charge in [0, 0.05) is 31.2 Å². The fraction of sp³-hybridized carbons (Fsp3) is 0.364. The summed E-state index contributed by atoms with van der Waals surface area (Å²) in [5.74, 6) is 0.0859. The standard InChI is InChI=1S/C22H27N3O2/c1-17-7-9-18(10-8-17)11-12-21(26)23-20-13-15-25(16-14-20)22(27)24-19-5-3-2-4-6-19/h2-10,20H,11-16H2,1H3,(H,23,26)(H,24,27). The van der Waals surface area contributed by atoms with E-state index in [0.717, 1.165) is 24.9 Å². The number of para-hydroxylation sites is 1. The Balaban J connectivity index is 1.38. The van der Waals surface area contributed by atoms with Crippen molar-refractivity contribution in [1.29, 1.82) is 0 Å². The molecule has 3 amide bonds. The highest BCUT2D eigenvalue weighted by molar-refractivity contribution is 5.89. The van der Waals surface area contributed by atoms with Crippen molar-refractivity contribution in [3.05, 3.63) is 65.7 Å². The molecule has 0 aromatic heterocycles. The molecule has 2 N–H and O–H groups in total. The zero-order valence-corrected chi connectivity index (χ0v) is 15.8. The quantitative estimate of drug-likeness (QED) is 0.848. The summed E-state index contributed by atoms with van der Waals surface area (Å²) in [6, 6.07) is 17.8. The maximum atomic E-state index is 12.3. The van der Waals surface area contributed by atoms with Gasteiger partial charge in [-0.05, 0) is 43.9 Å². The molecule has 1 aliphatic heterocycles. The van der Waals surface area contributed by atoms with Gasteiger partial charge in [-0.15, -0.1) is 0 Å². The van der Waals surface area contributed by atoms with E-state index in [1.807, 2.05) is 35.2 Å². The number of aryl methyl sites for hydroxylation is 2. The van der Waals surface area contributed by atoms with Crippen molar-refractivity contribution < 1.29 is 9.59 Å². The molecule has 1 saturated heterocycles. The number of anilines is 1. The summed E-state index contributed by atoms with van der Waals surface area (Å²) in [7, 11) is 0. The molecule has 0 aliphatic carbocycles. The molecular weight excluding hydrogens is 338 g/mol. The number of piperidine rings is 1. The van der Waals surface area contributed by atoms with Gasteiger partial charge in [-0.3, -0.25) is 4.79 Å². The Kier molecular flexibility index (Phi) is 6.47. The summed E-state index contributed by atoms with van der Waals surface area (Å²) in [6.45, 7) is 3.37. The summed E-state index contributed by atoms with van der Waals surface area (Å²) in [5, 5.41) is 6.02. The monoisotopic (exact) mass is 365 g/mol. The molecule has 0 radical (unpaired) electrons. The first-order chi connectivity index (χ1) is 13.1. The van der Waals surface area contributed by atoms with Crippen LogP contribution in [-0.4, -0.2) is 36.0 Å². The van der Waals surface area contributed by atoms with Crippen LogP contribution in [0.2, 0.25) is 0 Å². The normalized spacial score (nSPS) is 14.6. The molecular formula is C22H27N3O2. The first kappa shape index (κ1) is 19.0. The van der Waals surface area contributed by atoms with E-state index in [-0.39, 0.29) is 18.0 Å². The zero-order valence-electron chi connectivity index (χ0n) is 15.8. The maximum absolute atomic E-state index is 12.3. The Labute approximate surface area is 160 Å². The smallest absolute Gasteiger partial charge is 0.321 e. The average molecular weight is 365 g/mol. The molecule has 2 aromatic carbocycles. The molecule has 0 saturated carbocycles. The number of amides is 3. The van der Waals surface area contributed by atoms with Gasteiger partial charge in [0.2, 0.25) is 5.91 Å². The van der Waals surface area contributed by atoms with Crippen molar-refractivity contribution in [2.45, 2.75) is 38.6 Å². The number of carbonyl (C=O) groups is 2. The van der Waals surface area contributed by atoms with E-state index >= 15 is 0 Å². The Hall–Kier alpha value is -2.82. The lowest BCUT2D eigenvalue weighted by Crippen LogP contribution is -2.47. The molecule has 0 bridgehead atoms. The third kappa shape index (κ3) is 5.84. The number of rotatable bonds is 5. The van der Waals surface area contributed by atoms with Gasteiger partial charge < -0.3 is 15.5 Å². The topological polar surface area (TPSA) is 61.4 Å². The number of hydrogen-bond acceptors (Lipinski definition) is 2. The van der Waals surface area contributed by atoms with Crippen LogP contribution in [-0.2, 0) is 11.2 Å². The lowest BCUT2D eigenvalue weighted by atomic mass is 10.0. The number of nitrogens with zero attached hydrogens (tertiary/aromatic N) is 1. The number of nitrogens with one attached hydrogen (secondary N) is 2. The molecule has 2 aromatic rings. The van der Waals surface area contributed by atoms with E-state index in [4.69, 9.17) is 0 Å². The van der Waals surface area contributed by atoms with Crippen molar-refractivity contribution in [3.63, 3.8) is 0 Å². The third-order valence-electron chi connectivity index (χ3n) is 4.93. The van der Waals surface area contributed by atoms with E-state index in [0.29, 0.717) is 19.5 Å². The Morgan fingerprint density at radius 2 is 1.67 bits per heavy atom. The minimum atomic E-state index is -0.0784. The van der Waals surface area contributed by atoms with E-state index in [9.17, 15) is 9.59 Å². The highest BCUT2D eigenvalue weighted by atomic mass is 16.2. The predicted octanol–water partition coefficient (Wildman–Crippen LogP) is 3.74. The first-order valence-corrected chi connectivity index (χ1v) is 9.56. The number of urea groups is 1. The second-order valence-corrected chi connectivity index (χ2v) is 7.11. The fourth-order valence-corrected chi connectivity index (χ4v) is 3.26. The Morgan fingerprint density at radius 3 is 2.33 bits per heavy atom. The lowest BCUT2D eigenvalue weighted by molar-refractivity contribution is -0.122. The molecule has 5 nitrogen and oxygen atoms in total. The average Bonchev–Trinajstić information content (AvgIpc) is 2.69. The molecule has 1 heterocycles. The molecule has 0 spiro atoms. The molecule has 27 heavy (non-hydrogen) atoms. The SMILES string of the molecule is Cc1ccc(CCC(=O)NC2CCN(C(=O)Nc3ccccc3)CC2)cc1. The van der Waals surface area contributed by atoms with Crippen molar-refractivity contribution in [3.8, 4) is 0 Å². The molecule has 0 unspecified atom stereocenters. The summed E-state index contributed by atoms with van der Waals surface area (Å²) >= 11 is 0. The fourth-order valence-electron chi connectivity index (χ4n) is 3.26. The summed E-state index contributed by atoms with van der Waals surface area (Å²) in [6.07, 6.45) is 2.83. The second kappa shape index (κ2) is 9.21. The minimum Gasteiger partial charge on any atom is -0.353 e. The van der Waals surface area contributed by atoms with E-state index < -0.39 is 0 Å². The van der Waals surface area contributed by atoms with Crippen LogP contribution in [0.5, 0.6) is 0 Å². The van der Waals surface area contributed by atoms with Crippen LogP contribution in [0.3, 0.4) is 0 Å². The van der Waals surface area contributed by atoms with E-state index in [2.05, 4.69) is 41.8 Å². The van der Waals surface area contributed by atoms with Gasteiger partial charge in [-0.2, -0.15) is 0 Å². The molecule has 3 rings (SSSR count). The zero-order chi connectivity index (χ0) is 19.1. The first-order valence-electron chi connectivity index (χ1n) is 9.56. The minimum absolute atomic E-state index is 0.0784. The van der Waals surface area contributed by atoms with Gasteiger partial charge in [0.25, 0.3) is 0 Å². The van der Waals surface area contributed by atoms with Gasteiger partial charge in [0.15, 0.2) is 0 Å². The van der Waals surface area contributed by atoms with Crippen LogP contribution in [0.4, 0.5) is 10.5 Å². The van der Waals surface area contributed by atoms with Crippen LogP contribution < -0.4 is 10.6 Å². The molecule has 5 heteroatoms. The van der Waals surface area contributed by atoms with Gasteiger partial charge in [0.05, 0.1) is 0 Å². The van der Waals surface area contributed by atoms with Crippen LogP contribution in [0.25, 0.3) is 0 Å². The van der Waals surface area contributed by atoms with Crippen LogP contribution in [0, 0.1) is 6.92 Å². The summed E-state index contributed by atoms with van der Waals surface area (Å²) in [4.78, 5) is 26.3. The largest absolute Gasteiger partial charge is 0.353 e. The number of carbonyl (C=O) groups excluding carboxylic acids is 2. The molecule has 0 atom stereocenters. The summed E-state index contributed by atoms with van der Waals surface area (Å²) in [5.41, 5.74) is 3.21. The van der Waals surface area contributed by atoms with Crippen molar-refractivity contribution in [1.82, 2.24) is 10.2 Å². The van der Waals surface area contributed by atoms with Crippen molar-refractivity contribution in [2.75, 3.05) is 18.4 Å². The van der Waals surface area contributed by atoms with E-state index in [1.165, 1.54) is 11.1 Å². The third-order valence-corrected chi connectivity index (χ3v) is 4.93.